The highest BCUT2D eigenvalue weighted by atomic mass is 32.2. The lowest BCUT2D eigenvalue weighted by atomic mass is 10.1. The average molecular weight is 408 g/mol. The van der Waals surface area contributed by atoms with Gasteiger partial charge in [-0.25, -0.2) is 18.2 Å². The number of aryl methyl sites for hydroxylation is 1. The van der Waals surface area contributed by atoms with Crippen molar-refractivity contribution in [2.75, 3.05) is 18.1 Å². The third kappa shape index (κ3) is 3.60. The first-order valence-corrected chi connectivity index (χ1v) is 11.1. The summed E-state index contributed by atoms with van der Waals surface area (Å²) >= 11 is 0. The fourth-order valence-corrected chi connectivity index (χ4v) is 5.25. The second-order valence-electron chi connectivity index (χ2n) is 7.18. The van der Waals surface area contributed by atoms with Gasteiger partial charge in [-0.3, -0.25) is 18.7 Å². The van der Waals surface area contributed by atoms with Crippen molar-refractivity contribution in [3.63, 3.8) is 0 Å². The monoisotopic (exact) mass is 408 g/mol. The summed E-state index contributed by atoms with van der Waals surface area (Å²) in [6, 6.07) is 2.56. The van der Waals surface area contributed by atoms with Crippen molar-refractivity contribution in [1.29, 1.82) is 0 Å². The van der Waals surface area contributed by atoms with Crippen LogP contribution in [0.25, 0.3) is 11.0 Å². The summed E-state index contributed by atoms with van der Waals surface area (Å²) in [4.78, 5) is 43.4. The molecule has 2 aromatic rings. The highest BCUT2D eigenvalue weighted by Gasteiger charge is 2.35. The van der Waals surface area contributed by atoms with Crippen LogP contribution in [-0.4, -0.2) is 57.4 Å². The van der Waals surface area contributed by atoms with E-state index in [4.69, 9.17) is 0 Å². The van der Waals surface area contributed by atoms with Crippen LogP contribution in [-0.2, 0) is 23.9 Å². The Bertz CT molecular complexity index is 1150. The minimum absolute atomic E-state index is 0.0466. The molecule has 28 heavy (non-hydrogen) atoms. The average Bonchev–Trinajstić information content (AvgIpc) is 3.03. The molecule has 0 saturated carbocycles. The Morgan fingerprint density at radius 1 is 1.25 bits per heavy atom. The molecule has 0 bridgehead atoms. The molecule has 2 aromatic heterocycles. The lowest BCUT2D eigenvalue weighted by Crippen LogP contribution is -2.42. The molecule has 1 saturated heterocycles. The number of aromatic nitrogens is 3. The first kappa shape index (κ1) is 20.2. The molecular weight excluding hydrogens is 384 g/mol. The van der Waals surface area contributed by atoms with Crippen LogP contribution < -0.4 is 11.2 Å². The van der Waals surface area contributed by atoms with E-state index in [9.17, 15) is 22.8 Å². The number of hydrogen-bond donors (Lipinski definition) is 0. The number of hydrogen-bond acceptors (Lipinski definition) is 6. The maximum Gasteiger partial charge on any atom is 0.332 e. The predicted molar refractivity (Wildman–Crippen MR) is 105 cm³/mol. The van der Waals surface area contributed by atoms with Crippen LogP contribution in [0.5, 0.6) is 0 Å². The van der Waals surface area contributed by atoms with Crippen LogP contribution in [0, 0.1) is 0 Å². The molecule has 3 rings (SSSR count). The number of rotatable bonds is 5. The summed E-state index contributed by atoms with van der Waals surface area (Å²) in [5.41, 5.74) is -0.779. The minimum atomic E-state index is -3.14. The van der Waals surface area contributed by atoms with Gasteiger partial charge < -0.3 is 4.90 Å². The largest absolute Gasteiger partial charge is 0.333 e. The number of amides is 1. The van der Waals surface area contributed by atoms with Crippen molar-refractivity contribution in [3.05, 3.63) is 38.7 Å². The first-order valence-electron chi connectivity index (χ1n) is 9.24. The van der Waals surface area contributed by atoms with Crippen molar-refractivity contribution < 1.29 is 13.2 Å². The van der Waals surface area contributed by atoms with Crippen molar-refractivity contribution in [2.24, 2.45) is 14.1 Å². The second-order valence-corrected chi connectivity index (χ2v) is 9.41. The molecule has 0 N–H and O–H groups in total. The van der Waals surface area contributed by atoms with Crippen molar-refractivity contribution in [2.45, 2.75) is 32.2 Å². The predicted octanol–water partition coefficient (Wildman–Crippen LogP) is 0.0616. The summed E-state index contributed by atoms with van der Waals surface area (Å²) in [5, 5.41) is 0.240. The van der Waals surface area contributed by atoms with Gasteiger partial charge in [0.25, 0.3) is 11.5 Å². The standard InChI is InChI=1S/C18H24N4O5S/c1-4-5-9-22(12-8-10-28(26,27)11-12)17(24)14-7-6-13-15(19-14)20(2)18(25)21(3)16(13)23/h6-7,12H,4-5,8-11H2,1-3H3. The van der Waals surface area contributed by atoms with E-state index in [1.165, 1.54) is 30.8 Å². The van der Waals surface area contributed by atoms with Gasteiger partial charge in [0.05, 0.1) is 16.9 Å². The number of nitrogens with zero attached hydrogens (tertiary/aromatic N) is 4. The van der Waals surface area contributed by atoms with E-state index in [1.54, 1.807) is 4.90 Å². The normalized spacial score (nSPS) is 18.5. The Balaban J connectivity index is 2.04. The van der Waals surface area contributed by atoms with Crippen molar-refractivity contribution in [3.8, 4) is 0 Å². The molecule has 1 fully saturated rings. The Labute approximate surface area is 162 Å². The van der Waals surface area contributed by atoms with E-state index >= 15 is 0 Å². The van der Waals surface area contributed by atoms with E-state index in [0.29, 0.717) is 13.0 Å². The molecule has 0 aromatic carbocycles. The van der Waals surface area contributed by atoms with Crippen LogP contribution >= 0.6 is 0 Å². The van der Waals surface area contributed by atoms with Gasteiger partial charge in [-0.2, -0.15) is 0 Å². The third-order valence-electron chi connectivity index (χ3n) is 5.18. The quantitative estimate of drug-likeness (QED) is 0.692. The molecule has 0 aliphatic carbocycles. The highest BCUT2D eigenvalue weighted by Crippen LogP contribution is 2.21. The van der Waals surface area contributed by atoms with Gasteiger partial charge in [0.15, 0.2) is 9.84 Å². The molecule has 152 valence electrons. The van der Waals surface area contributed by atoms with E-state index in [-0.39, 0.29) is 40.2 Å². The highest BCUT2D eigenvalue weighted by molar-refractivity contribution is 7.91. The zero-order valence-corrected chi connectivity index (χ0v) is 17.0. The number of fused-ring (bicyclic) bond motifs is 1. The van der Waals surface area contributed by atoms with E-state index < -0.39 is 21.1 Å². The Morgan fingerprint density at radius 3 is 2.57 bits per heavy atom. The SMILES string of the molecule is CCCCN(C(=O)c1ccc2c(=O)n(C)c(=O)n(C)c2n1)C1CCS(=O)(=O)C1. The van der Waals surface area contributed by atoms with Crippen LogP contribution in [0.1, 0.15) is 36.7 Å². The summed E-state index contributed by atoms with van der Waals surface area (Å²) in [7, 11) is -0.267. The number of carbonyl (C=O) groups is 1. The fourth-order valence-electron chi connectivity index (χ4n) is 3.52. The molecule has 0 radical (unpaired) electrons. The minimum Gasteiger partial charge on any atom is -0.333 e. The molecule has 0 spiro atoms. The molecule has 1 unspecified atom stereocenters. The van der Waals surface area contributed by atoms with Crippen LogP contribution in [0.3, 0.4) is 0 Å². The van der Waals surface area contributed by atoms with Gasteiger partial charge in [0.1, 0.15) is 11.3 Å². The lowest BCUT2D eigenvalue weighted by Gasteiger charge is -2.28. The van der Waals surface area contributed by atoms with Gasteiger partial charge in [-0.1, -0.05) is 13.3 Å². The Morgan fingerprint density at radius 2 is 1.96 bits per heavy atom. The topological polar surface area (TPSA) is 111 Å². The smallest absolute Gasteiger partial charge is 0.332 e. The number of pyridine rings is 1. The van der Waals surface area contributed by atoms with Crippen LogP contribution in [0.4, 0.5) is 0 Å². The number of carbonyl (C=O) groups excluding carboxylic acids is 1. The van der Waals surface area contributed by atoms with Crippen molar-refractivity contribution >= 4 is 26.8 Å². The molecule has 1 atom stereocenters. The van der Waals surface area contributed by atoms with Crippen LogP contribution in [0.2, 0.25) is 0 Å². The first-order chi connectivity index (χ1) is 13.2. The summed E-state index contributed by atoms with van der Waals surface area (Å²) in [6.07, 6.45) is 2.01. The lowest BCUT2D eigenvalue weighted by molar-refractivity contribution is 0.0688. The summed E-state index contributed by atoms with van der Waals surface area (Å²) in [5.74, 6) is -0.358. The van der Waals surface area contributed by atoms with Gasteiger partial charge in [-0.15, -0.1) is 0 Å². The van der Waals surface area contributed by atoms with Crippen LogP contribution in [0.15, 0.2) is 21.7 Å². The molecule has 1 aliphatic heterocycles. The Kier molecular flexibility index (Phi) is 5.42. The van der Waals surface area contributed by atoms with E-state index in [0.717, 1.165) is 17.4 Å². The van der Waals surface area contributed by atoms with Gasteiger partial charge in [0.2, 0.25) is 0 Å². The van der Waals surface area contributed by atoms with Gasteiger partial charge in [0, 0.05) is 26.7 Å². The second kappa shape index (κ2) is 7.50. The zero-order valence-electron chi connectivity index (χ0n) is 16.2. The summed E-state index contributed by atoms with van der Waals surface area (Å²) in [6.45, 7) is 2.43. The van der Waals surface area contributed by atoms with Gasteiger partial charge >= 0.3 is 5.69 Å². The molecule has 10 heteroatoms. The Hall–Kier alpha value is -2.49. The molecule has 1 aliphatic rings. The van der Waals surface area contributed by atoms with E-state index in [1.807, 2.05) is 6.92 Å². The molecule has 3 heterocycles. The fraction of sp³-hybridized carbons (Fsp3) is 0.556. The van der Waals surface area contributed by atoms with E-state index in [2.05, 4.69) is 4.98 Å². The third-order valence-corrected chi connectivity index (χ3v) is 6.93. The summed E-state index contributed by atoms with van der Waals surface area (Å²) < 4.78 is 26.0. The molecule has 1 amide bonds. The molecular formula is C18H24N4O5S. The zero-order chi connectivity index (χ0) is 20.6. The van der Waals surface area contributed by atoms with Crippen molar-refractivity contribution in [1.82, 2.24) is 19.0 Å². The number of unbranched alkanes of at least 4 members (excludes halogenated alkanes) is 1. The number of sulfone groups is 1. The molecule has 9 nitrogen and oxygen atoms in total. The maximum absolute atomic E-state index is 13.1. The maximum atomic E-state index is 13.1. The van der Waals surface area contributed by atoms with Gasteiger partial charge in [-0.05, 0) is 25.0 Å².